The third-order valence-electron chi connectivity index (χ3n) is 1.42. The lowest BCUT2D eigenvalue weighted by Crippen LogP contribution is -1.77. The molecule has 0 bridgehead atoms. The van der Waals surface area contributed by atoms with Crippen LogP contribution < -0.4 is 0 Å². The molecule has 10 heavy (non-hydrogen) atoms. The van der Waals surface area contributed by atoms with Crippen molar-refractivity contribution in [2.45, 2.75) is 39.5 Å². The smallest absolute Gasteiger partial charge is 0.120 e. The molecule has 1 nitrogen and oxygen atoms in total. The van der Waals surface area contributed by atoms with Gasteiger partial charge in [-0.05, 0) is 19.8 Å². The van der Waals surface area contributed by atoms with Gasteiger partial charge in [-0.3, -0.25) is 0 Å². The molecule has 0 rings (SSSR count). The first kappa shape index (κ1) is 9.41. The number of carbonyl (C=O) groups excluding carboxylic acids is 1. The Morgan fingerprint density at radius 1 is 1.40 bits per heavy atom. The zero-order valence-electron chi connectivity index (χ0n) is 6.89. The highest BCUT2D eigenvalue weighted by atomic mass is 16.1. The Morgan fingerprint density at radius 3 is 2.60 bits per heavy atom. The van der Waals surface area contributed by atoms with Gasteiger partial charge in [-0.1, -0.05) is 25.0 Å². The van der Waals surface area contributed by atoms with Gasteiger partial charge >= 0.3 is 0 Å². The molecule has 0 N–H and O–H groups in total. The van der Waals surface area contributed by atoms with Gasteiger partial charge in [-0.25, -0.2) is 0 Å². The monoisotopic (exact) mass is 140 g/mol. The van der Waals surface area contributed by atoms with Gasteiger partial charge in [0, 0.05) is 6.42 Å². The third-order valence-corrected chi connectivity index (χ3v) is 1.42. The molecule has 0 spiro atoms. The van der Waals surface area contributed by atoms with Crippen molar-refractivity contribution in [2.75, 3.05) is 0 Å². The summed E-state index contributed by atoms with van der Waals surface area (Å²) >= 11 is 0. The lowest BCUT2D eigenvalue weighted by Gasteiger charge is -1.94. The predicted octanol–water partition coefficient (Wildman–Crippen LogP) is 2.71. The average Bonchev–Trinajstić information content (AvgIpc) is 1.89. The second-order valence-corrected chi connectivity index (χ2v) is 2.54. The summed E-state index contributed by atoms with van der Waals surface area (Å²) in [4.78, 5) is 9.91. The van der Waals surface area contributed by atoms with Crippen LogP contribution >= 0.6 is 0 Å². The first-order valence-corrected chi connectivity index (χ1v) is 3.90. The Bertz CT molecular complexity index is 114. The Labute approximate surface area is 63.1 Å². The van der Waals surface area contributed by atoms with E-state index in [0.29, 0.717) is 6.42 Å². The van der Waals surface area contributed by atoms with Crippen LogP contribution in [0.1, 0.15) is 39.5 Å². The number of aldehydes is 1. The molecule has 0 aromatic carbocycles. The molecule has 0 saturated carbocycles. The maximum absolute atomic E-state index is 9.91. The number of hydrogen-bond donors (Lipinski definition) is 0. The molecule has 0 fully saturated rings. The van der Waals surface area contributed by atoms with Gasteiger partial charge in [0.15, 0.2) is 0 Å². The van der Waals surface area contributed by atoms with E-state index in [-0.39, 0.29) is 0 Å². The summed E-state index contributed by atoms with van der Waals surface area (Å²) in [6, 6.07) is 0. The van der Waals surface area contributed by atoms with Crippen LogP contribution in [-0.2, 0) is 4.79 Å². The molecular formula is C9H16O. The normalized spacial score (nSPS) is 11.6. The van der Waals surface area contributed by atoms with E-state index in [2.05, 4.69) is 19.9 Å². The third kappa shape index (κ3) is 5.54. The second-order valence-electron chi connectivity index (χ2n) is 2.54. The summed E-state index contributed by atoms with van der Waals surface area (Å²) in [7, 11) is 0. The van der Waals surface area contributed by atoms with Crippen LogP contribution in [0.4, 0.5) is 0 Å². The summed E-state index contributed by atoms with van der Waals surface area (Å²) in [5, 5.41) is 0. The molecule has 0 aromatic heterocycles. The minimum absolute atomic E-state index is 0.668. The lowest BCUT2D eigenvalue weighted by atomic mass is 10.1. The van der Waals surface area contributed by atoms with Gasteiger partial charge < -0.3 is 4.79 Å². The molecule has 0 atom stereocenters. The van der Waals surface area contributed by atoms with Crippen molar-refractivity contribution in [1.29, 1.82) is 0 Å². The summed E-state index contributed by atoms with van der Waals surface area (Å²) in [5.41, 5.74) is 1.41. The van der Waals surface area contributed by atoms with E-state index >= 15 is 0 Å². The quantitative estimate of drug-likeness (QED) is 0.326. The molecule has 0 amide bonds. The number of rotatable bonds is 5. The molecule has 58 valence electrons. The van der Waals surface area contributed by atoms with E-state index in [1.807, 2.05) is 0 Å². The molecule has 0 unspecified atom stereocenters. The average molecular weight is 140 g/mol. The van der Waals surface area contributed by atoms with Crippen LogP contribution in [0.15, 0.2) is 11.6 Å². The van der Waals surface area contributed by atoms with Gasteiger partial charge in [-0.15, -0.1) is 0 Å². The summed E-state index contributed by atoms with van der Waals surface area (Å²) < 4.78 is 0. The standard InChI is InChI=1S/C9H16O/c1-3-6-9(2)7-4-5-8-10/h7-8H,3-6H2,1-2H3. The zero-order valence-corrected chi connectivity index (χ0v) is 6.89. The highest BCUT2D eigenvalue weighted by Crippen LogP contribution is 2.04. The van der Waals surface area contributed by atoms with E-state index in [4.69, 9.17) is 0 Å². The Balaban J connectivity index is 3.36. The fraction of sp³-hybridized carbons (Fsp3) is 0.667. The van der Waals surface area contributed by atoms with Crippen LogP contribution in [0.25, 0.3) is 0 Å². The summed E-state index contributed by atoms with van der Waals surface area (Å²) in [6.45, 7) is 4.28. The molecule has 0 radical (unpaired) electrons. The predicted molar refractivity (Wildman–Crippen MR) is 44.0 cm³/mol. The number of unbranched alkanes of at least 4 members (excludes halogenated alkanes) is 1. The topological polar surface area (TPSA) is 17.1 Å². The van der Waals surface area contributed by atoms with Gasteiger partial charge in [0.1, 0.15) is 6.29 Å². The van der Waals surface area contributed by atoms with E-state index in [1.54, 1.807) is 0 Å². The van der Waals surface area contributed by atoms with Gasteiger partial charge in [0.05, 0.1) is 0 Å². The van der Waals surface area contributed by atoms with Crippen molar-refractivity contribution in [3.8, 4) is 0 Å². The molecule has 0 aliphatic rings. The fourth-order valence-corrected chi connectivity index (χ4v) is 0.894. The molecule has 0 heterocycles. The minimum atomic E-state index is 0.668. The van der Waals surface area contributed by atoms with Gasteiger partial charge in [0.2, 0.25) is 0 Å². The minimum Gasteiger partial charge on any atom is -0.303 e. The SMILES string of the molecule is CCCC(C)=CCCC=O. The van der Waals surface area contributed by atoms with Gasteiger partial charge in [0.25, 0.3) is 0 Å². The second kappa shape index (κ2) is 6.53. The van der Waals surface area contributed by atoms with Crippen molar-refractivity contribution in [3.05, 3.63) is 11.6 Å². The van der Waals surface area contributed by atoms with E-state index in [0.717, 1.165) is 12.7 Å². The highest BCUT2D eigenvalue weighted by molar-refractivity contribution is 5.49. The fourth-order valence-electron chi connectivity index (χ4n) is 0.894. The molecule has 1 heteroatoms. The van der Waals surface area contributed by atoms with E-state index in [9.17, 15) is 4.79 Å². The maximum Gasteiger partial charge on any atom is 0.120 e. The van der Waals surface area contributed by atoms with Gasteiger partial charge in [-0.2, -0.15) is 0 Å². The van der Waals surface area contributed by atoms with Crippen LogP contribution in [0.2, 0.25) is 0 Å². The van der Waals surface area contributed by atoms with Crippen molar-refractivity contribution >= 4 is 6.29 Å². The number of allylic oxidation sites excluding steroid dienone is 2. The highest BCUT2D eigenvalue weighted by Gasteiger charge is 1.85. The van der Waals surface area contributed by atoms with Crippen molar-refractivity contribution < 1.29 is 4.79 Å². The van der Waals surface area contributed by atoms with E-state index in [1.165, 1.54) is 18.4 Å². The Hall–Kier alpha value is -0.590. The number of carbonyl (C=O) groups is 1. The summed E-state index contributed by atoms with van der Waals surface area (Å²) in [6.07, 6.45) is 7.06. The first-order valence-electron chi connectivity index (χ1n) is 3.90. The molecule has 0 saturated heterocycles. The van der Waals surface area contributed by atoms with Crippen molar-refractivity contribution in [3.63, 3.8) is 0 Å². The van der Waals surface area contributed by atoms with Crippen molar-refractivity contribution in [2.24, 2.45) is 0 Å². The van der Waals surface area contributed by atoms with Crippen LogP contribution in [0.5, 0.6) is 0 Å². The summed E-state index contributed by atoms with van der Waals surface area (Å²) in [5.74, 6) is 0. The maximum atomic E-state index is 9.91. The van der Waals surface area contributed by atoms with Crippen LogP contribution in [0, 0.1) is 0 Å². The molecule has 0 aromatic rings. The molecular weight excluding hydrogens is 124 g/mol. The zero-order chi connectivity index (χ0) is 7.82. The van der Waals surface area contributed by atoms with Crippen LogP contribution in [0.3, 0.4) is 0 Å². The lowest BCUT2D eigenvalue weighted by molar-refractivity contribution is -0.107. The molecule has 0 aliphatic carbocycles. The Kier molecular flexibility index (Phi) is 6.14. The van der Waals surface area contributed by atoms with E-state index < -0.39 is 0 Å². The van der Waals surface area contributed by atoms with Crippen LogP contribution in [-0.4, -0.2) is 6.29 Å². The number of hydrogen-bond acceptors (Lipinski definition) is 1. The molecule has 0 aliphatic heterocycles. The first-order chi connectivity index (χ1) is 4.81. The Morgan fingerprint density at radius 2 is 2.10 bits per heavy atom. The van der Waals surface area contributed by atoms with Crippen molar-refractivity contribution in [1.82, 2.24) is 0 Å². The largest absolute Gasteiger partial charge is 0.303 e.